The van der Waals surface area contributed by atoms with Crippen LogP contribution in [0.3, 0.4) is 0 Å². The van der Waals surface area contributed by atoms with Crippen molar-refractivity contribution in [1.29, 1.82) is 0 Å². The van der Waals surface area contributed by atoms with Crippen molar-refractivity contribution >= 4 is 21.6 Å². The highest BCUT2D eigenvalue weighted by atomic mass is 32.2. The molecule has 2 aromatic carbocycles. The molecule has 9 heteroatoms. The van der Waals surface area contributed by atoms with E-state index in [4.69, 9.17) is 14.2 Å². The Bertz CT molecular complexity index is 1090. The molecule has 0 atom stereocenters. The lowest BCUT2D eigenvalue weighted by Gasteiger charge is -2.31. The molecule has 0 unspecified atom stereocenters. The van der Waals surface area contributed by atoms with Crippen molar-refractivity contribution in [2.75, 3.05) is 39.7 Å². The molecule has 0 bridgehead atoms. The van der Waals surface area contributed by atoms with Crippen LogP contribution in [0.1, 0.15) is 38.2 Å². The van der Waals surface area contributed by atoms with Gasteiger partial charge in [0.15, 0.2) is 0 Å². The molecule has 1 heterocycles. The van der Waals surface area contributed by atoms with E-state index in [9.17, 15) is 13.2 Å². The van der Waals surface area contributed by atoms with Crippen LogP contribution in [-0.4, -0.2) is 53.0 Å². The summed E-state index contributed by atoms with van der Waals surface area (Å²) in [6.07, 6.45) is 0.840. The van der Waals surface area contributed by atoms with E-state index in [2.05, 4.69) is 5.32 Å². The molecule has 1 aliphatic rings. The fourth-order valence-corrected chi connectivity index (χ4v) is 5.56. The minimum absolute atomic E-state index is 0.167. The molecule has 0 radical (unpaired) electrons. The lowest BCUT2D eigenvalue weighted by Crippen LogP contribution is -2.41. The molecule has 180 valence electrons. The summed E-state index contributed by atoms with van der Waals surface area (Å²) >= 11 is 0. The Balaban J connectivity index is 1.72. The van der Waals surface area contributed by atoms with Gasteiger partial charge in [0.1, 0.15) is 22.1 Å². The van der Waals surface area contributed by atoms with Crippen molar-refractivity contribution < 1.29 is 27.4 Å². The molecule has 1 saturated heterocycles. The van der Waals surface area contributed by atoms with Gasteiger partial charge in [-0.25, -0.2) is 8.42 Å². The summed E-state index contributed by atoms with van der Waals surface area (Å²) in [6.45, 7) is 4.54. The zero-order chi connectivity index (χ0) is 24.2. The van der Waals surface area contributed by atoms with Crippen LogP contribution in [0, 0.1) is 5.92 Å². The molecular formula is C24H32N2O6S. The zero-order valence-corrected chi connectivity index (χ0v) is 20.6. The second-order valence-electron chi connectivity index (χ2n) is 8.30. The van der Waals surface area contributed by atoms with Gasteiger partial charge in [-0.1, -0.05) is 19.9 Å². The predicted molar refractivity (Wildman–Crippen MR) is 127 cm³/mol. The maximum absolute atomic E-state index is 13.4. The summed E-state index contributed by atoms with van der Waals surface area (Å²) < 4.78 is 44.1. The second-order valence-corrected chi connectivity index (χ2v) is 10.2. The van der Waals surface area contributed by atoms with Crippen LogP contribution >= 0.6 is 0 Å². The average molecular weight is 477 g/mol. The third kappa shape index (κ3) is 5.42. The number of nitrogens with one attached hydrogen (secondary N) is 1. The molecule has 1 fully saturated rings. The van der Waals surface area contributed by atoms with Crippen molar-refractivity contribution in [2.24, 2.45) is 5.92 Å². The van der Waals surface area contributed by atoms with E-state index in [0.717, 1.165) is 5.56 Å². The van der Waals surface area contributed by atoms with E-state index in [1.165, 1.54) is 18.5 Å². The minimum atomic E-state index is -3.75. The standard InChI is InChI=1S/C24H32N2O6S/c1-16(2)18-6-8-22(32-5)23(14-18)33(28,29)26-12-10-17(11-13-26)24(27)25-20-15-19(30-3)7-9-21(20)31-4/h6-9,14-17H,10-13H2,1-5H3,(H,25,27). The lowest BCUT2D eigenvalue weighted by atomic mass is 9.97. The molecular weight excluding hydrogens is 444 g/mol. The SMILES string of the molecule is COc1ccc(OC)c(NC(=O)C2CCN(S(=O)(=O)c3cc(C(C)C)ccc3OC)CC2)c1. The van der Waals surface area contributed by atoms with E-state index < -0.39 is 10.0 Å². The molecule has 8 nitrogen and oxygen atoms in total. The highest BCUT2D eigenvalue weighted by molar-refractivity contribution is 7.89. The number of carbonyl (C=O) groups is 1. The van der Waals surface area contributed by atoms with E-state index in [0.29, 0.717) is 35.8 Å². The topological polar surface area (TPSA) is 94.2 Å². The van der Waals surface area contributed by atoms with Crippen LogP contribution in [0.5, 0.6) is 17.2 Å². The fourth-order valence-electron chi connectivity index (χ4n) is 3.90. The first-order valence-electron chi connectivity index (χ1n) is 10.9. The molecule has 2 aromatic rings. The molecule has 0 aromatic heterocycles. The highest BCUT2D eigenvalue weighted by Crippen LogP contribution is 2.33. The summed E-state index contributed by atoms with van der Waals surface area (Å²) in [7, 11) is 0.799. The molecule has 1 amide bonds. The van der Waals surface area contributed by atoms with Gasteiger partial charge in [-0.15, -0.1) is 0 Å². The number of hydrogen-bond donors (Lipinski definition) is 1. The van der Waals surface area contributed by atoms with Gasteiger partial charge in [-0.2, -0.15) is 4.31 Å². The first-order valence-corrected chi connectivity index (χ1v) is 12.4. The monoisotopic (exact) mass is 476 g/mol. The first-order chi connectivity index (χ1) is 15.7. The molecule has 0 spiro atoms. The van der Waals surface area contributed by atoms with Gasteiger partial charge in [-0.05, 0) is 48.6 Å². The number of piperidine rings is 1. The number of nitrogens with zero attached hydrogens (tertiary/aromatic N) is 1. The molecule has 0 saturated carbocycles. The number of methoxy groups -OCH3 is 3. The zero-order valence-electron chi connectivity index (χ0n) is 19.8. The molecule has 0 aliphatic carbocycles. The van der Waals surface area contributed by atoms with Gasteiger partial charge in [-0.3, -0.25) is 4.79 Å². The van der Waals surface area contributed by atoms with Crippen LogP contribution in [0.25, 0.3) is 0 Å². The van der Waals surface area contributed by atoms with Crippen molar-refractivity contribution in [1.82, 2.24) is 4.31 Å². The van der Waals surface area contributed by atoms with E-state index in [1.807, 2.05) is 19.9 Å². The Morgan fingerprint density at radius 1 is 0.970 bits per heavy atom. The van der Waals surface area contributed by atoms with Crippen LogP contribution in [0.4, 0.5) is 5.69 Å². The number of benzene rings is 2. The van der Waals surface area contributed by atoms with Crippen molar-refractivity contribution in [3.63, 3.8) is 0 Å². The molecule has 1 N–H and O–H groups in total. The number of carbonyl (C=O) groups excluding carboxylic acids is 1. The smallest absolute Gasteiger partial charge is 0.246 e. The Labute approximate surface area is 195 Å². The van der Waals surface area contributed by atoms with Crippen molar-refractivity contribution in [3.05, 3.63) is 42.0 Å². The largest absolute Gasteiger partial charge is 0.497 e. The fraction of sp³-hybridized carbons (Fsp3) is 0.458. The Morgan fingerprint density at radius 2 is 1.61 bits per heavy atom. The maximum atomic E-state index is 13.4. The van der Waals surface area contributed by atoms with Gasteiger partial charge in [0.25, 0.3) is 0 Å². The second kappa shape index (κ2) is 10.4. The average Bonchev–Trinajstić information content (AvgIpc) is 2.83. The van der Waals surface area contributed by atoms with E-state index >= 15 is 0 Å². The number of hydrogen-bond acceptors (Lipinski definition) is 6. The normalized spacial score (nSPS) is 15.3. The van der Waals surface area contributed by atoms with Gasteiger partial charge in [0.2, 0.25) is 15.9 Å². The Morgan fingerprint density at radius 3 is 2.18 bits per heavy atom. The van der Waals surface area contributed by atoms with E-state index in [-0.39, 0.29) is 35.7 Å². The number of anilines is 1. The number of rotatable bonds is 8. The summed E-state index contributed by atoms with van der Waals surface area (Å²) in [5.74, 6) is 1.16. The third-order valence-corrected chi connectivity index (χ3v) is 7.88. The molecule has 3 rings (SSSR count). The van der Waals surface area contributed by atoms with Gasteiger partial charge in [0.05, 0.1) is 27.0 Å². The number of sulfonamides is 1. The number of ether oxygens (including phenoxy) is 3. The van der Waals surface area contributed by atoms with Crippen molar-refractivity contribution in [2.45, 2.75) is 37.5 Å². The van der Waals surface area contributed by atoms with Gasteiger partial charge in [0, 0.05) is 25.1 Å². The Kier molecular flexibility index (Phi) is 7.86. The number of amides is 1. The van der Waals surface area contributed by atoms with E-state index in [1.54, 1.807) is 37.4 Å². The minimum Gasteiger partial charge on any atom is -0.497 e. The maximum Gasteiger partial charge on any atom is 0.246 e. The third-order valence-electron chi connectivity index (χ3n) is 5.96. The summed E-state index contributed by atoms with van der Waals surface area (Å²) in [6, 6.07) is 10.4. The molecule has 1 aliphatic heterocycles. The quantitative estimate of drug-likeness (QED) is 0.622. The van der Waals surface area contributed by atoms with Crippen LogP contribution in [0.15, 0.2) is 41.3 Å². The van der Waals surface area contributed by atoms with Crippen molar-refractivity contribution in [3.8, 4) is 17.2 Å². The highest BCUT2D eigenvalue weighted by Gasteiger charge is 2.34. The summed E-state index contributed by atoms with van der Waals surface area (Å²) in [5, 5.41) is 2.90. The summed E-state index contributed by atoms with van der Waals surface area (Å²) in [4.78, 5) is 13.1. The van der Waals surface area contributed by atoms with Crippen LogP contribution < -0.4 is 19.5 Å². The van der Waals surface area contributed by atoms with Gasteiger partial charge < -0.3 is 19.5 Å². The Hall–Kier alpha value is -2.78. The summed E-state index contributed by atoms with van der Waals surface area (Å²) in [5.41, 5.74) is 1.45. The predicted octanol–water partition coefficient (Wildman–Crippen LogP) is 3.88. The van der Waals surface area contributed by atoms with Crippen LogP contribution in [0.2, 0.25) is 0 Å². The lowest BCUT2D eigenvalue weighted by molar-refractivity contribution is -0.120. The molecule has 33 heavy (non-hydrogen) atoms. The van der Waals surface area contributed by atoms with Crippen LogP contribution in [-0.2, 0) is 14.8 Å². The van der Waals surface area contributed by atoms with Gasteiger partial charge >= 0.3 is 0 Å². The first kappa shape index (κ1) is 24.9.